The Bertz CT molecular complexity index is 745. The molecule has 0 aliphatic carbocycles. The van der Waals surface area contributed by atoms with Crippen molar-refractivity contribution in [2.75, 3.05) is 0 Å². The van der Waals surface area contributed by atoms with Crippen molar-refractivity contribution in [3.63, 3.8) is 0 Å². The summed E-state index contributed by atoms with van der Waals surface area (Å²) in [6.07, 6.45) is 3.65. The average Bonchev–Trinajstić information content (AvgIpc) is 3.02. The van der Waals surface area contributed by atoms with Gasteiger partial charge in [0.05, 0.1) is 5.69 Å². The Morgan fingerprint density at radius 1 is 1.37 bits per heavy atom. The van der Waals surface area contributed by atoms with Crippen molar-refractivity contribution in [3.8, 4) is 11.8 Å². The van der Waals surface area contributed by atoms with Crippen molar-refractivity contribution >= 4 is 17.0 Å². The molecule has 4 heteroatoms. The number of nitrogens with zero attached hydrogens (tertiary/aromatic N) is 3. The molecule has 0 N–H and O–H groups in total. The third-order valence-corrected chi connectivity index (χ3v) is 3.45. The monoisotopic (exact) mass is 267 g/mol. The van der Waals surface area contributed by atoms with E-state index >= 15 is 0 Å². The van der Waals surface area contributed by atoms with Crippen LogP contribution in [0, 0.1) is 18.8 Å². The zero-order chi connectivity index (χ0) is 13.1. The van der Waals surface area contributed by atoms with Crippen molar-refractivity contribution in [2.45, 2.75) is 19.8 Å². The molecular weight excluding hydrogens is 254 g/mol. The van der Waals surface area contributed by atoms with Gasteiger partial charge >= 0.3 is 0 Å². The third-order valence-electron chi connectivity index (χ3n) is 2.76. The second kappa shape index (κ2) is 5.25. The van der Waals surface area contributed by atoms with Gasteiger partial charge in [-0.2, -0.15) is 16.4 Å². The molecule has 0 aromatic carbocycles. The molecule has 0 bridgehead atoms. The molecule has 94 valence electrons. The number of aryl methyl sites for hydroxylation is 2. The van der Waals surface area contributed by atoms with Gasteiger partial charge in [-0.1, -0.05) is 11.8 Å². The van der Waals surface area contributed by atoms with Crippen LogP contribution in [0.3, 0.4) is 0 Å². The Morgan fingerprint density at radius 2 is 2.32 bits per heavy atom. The summed E-state index contributed by atoms with van der Waals surface area (Å²) in [4.78, 5) is 4.57. The quantitative estimate of drug-likeness (QED) is 0.668. The lowest BCUT2D eigenvalue weighted by Gasteiger charge is -1.97. The summed E-state index contributed by atoms with van der Waals surface area (Å²) in [6.45, 7) is 1.97. The summed E-state index contributed by atoms with van der Waals surface area (Å²) in [5.41, 5.74) is 4.05. The van der Waals surface area contributed by atoms with Gasteiger partial charge in [-0.05, 0) is 24.4 Å². The summed E-state index contributed by atoms with van der Waals surface area (Å²) in [5.74, 6) is 6.34. The van der Waals surface area contributed by atoms with Crippen molar-refractivity contribution < 1.29 is 0 Å². The summed E-state index contributed by atoms with van der Waals surface area (Å²) in [5, 5.41) is 8.42. The average molecular weight is 267 g/mol. The van der Waals surface area contributed by atoms with Gasteiger partial charge in [-0.15, -0.1) is 0 Å². The highest BCUT2D eigenvalue weighted by Gasteiger charge is 2.00. The van der Waals surface area contributed by atoms with Gasteiger partial charge in [0.1, 0.15) is 0 Å². The second-order valence-electron chi connectivity index (χ2n) is 4.32. The fraction of sp³-hybridized carbons (Fsp3) is 0.200. The summed E-state index contributed by atoms with van der Waals surface area (Å²) in [7, 11) is 0. The van der Waals surface area contributed by atoms with Crippen LogP contribution >= 0.6 is 11.3 Å². The molecule has 0 amide bonds. The SMILES string of the molecule is Cc1cc2nc(CCC#Cc3ccsc3)ccn2n1. The van der Waals surface area contributed by atoms with Crippen LogP contribution in [0.15, 0.2) is 35.2 Å². The molecule has 0 aliphatic rings. The highest BCUT2D eigenvalue weighted by molar-refractivity contribution is 7.08. The van der Waals surface area contributed by atoms with Crippen LogP contribution in [0.5, 0.6) is 0 Å². The molecule has 0 spiro atoms. The Morgan fingerprint density at radius 3 is 3.16 bits per heavy atom. The molecule has 3 aromatic heterocycles. The van der Waals surface area contributed by atoms with Crippen molar-refractivity contribution in [1.29, 1.82) is 0 Å². The minimum Gasteiger partial charge on any atom is -0.234 e. The molecular formula is C15H13N3S. The molecule has 3 heterocycles. The smallest absolute Gasteiger partial charge is 0.155 e. The van der Waals surface area contributed by atoms with E-state index in [1.54, 1.807) is 15.9 Å². The molecule has 0 saturated carbocycles. The first-order valence-electron chi connectivity index (χ1n) is 6.14. The summed E-state index contributed by atoms with van der Waals surface area (Å²) in [6, 6.07) is 6.03. The van der Waals surface area contributed by atoms with E-state index in [9.17, 15) is 0 Å². The minimum atomic E-state index is 0.826. The summed E-state index contributed by atoms with van der Waals surface area (Å²) < 4.78 is 1.80. The van der Waals surface area contributed by atoms with Crippen molar-refractivity contribution in [1.82, 2.24) is 14.6 Å². The van der Waals surface area contributed by atoms with E-state index in [2.05, 4.69) is 27.3 Å². The zero-order valence-electron chi connectivity index (χ0n) is 10.6. The number of hydrogen-bond donors (Lipinski definition) is 0. The number of hydrogen-bond acceptors (Lipinski definition) is 3. The van der Waals surface area contributed by atoms with E-state index in [1.807, 2.05) is 36.7 Å². The van der Waals surface area contributed by atoms with E-state index in [0.29, 0.717) is 0 Å². The number of rotatable bonds is 2. The van der Waals surface area contributed by atoms with Crippen LogP contribution in [0.2, 0.25) is 0 Å². The fourth-order valence-electron chi connectivity index (χ4n) is 1.87. The number of fused-ring (bicyclic) bond motifs is 1. The largest absolute Gasteiger partial charge is 0.234 e. The molecule has 0 radical (unpaired) electrons. The first-order valence-corrected chi connectivity index (χ1v) is 7.08. The lowest BCUT2D eigenvalue weighted by molar-refractivity contribution is 0.884. The normalized spacial score (nSPS) is 10.4. The van der Waals surface area contributed by atoms with Gasteiger partial charge in [-0.3, -0.25) is 0 Å². The predicted octanol–water partition coefficient (Wildman–Crippen LogP) is 3.08. The molecule has 0 atom stereocenters. The minimum absolute atomic E-state index is 0.826. The van der Waals surface area contributed by atoms with E-state index in [4.69, 9.17) is 0 Å². The van der Waals surface area contributed by atoms with Gasteiger partial charge in [0.15, 0.2) is 5.65 Å². The van der Waals surface area contributed by atoms with Crippen molar-refractivity contribution in [3.05, 3.63) is 52.1 Å². The van der Waals surface area contributed by atoms with Crippen LogP contribution in [0.4, 0.5) is 0 Å². The number of aromatic nitrogens is 3. The first-order chi connectivity index (χ1) is 9.31. The zero-order valence-corrected chi connectivity index (χ0v) is 11.4. The highest BCUT2D eigenvalue weighted by Crippen LogP contribution is 2.06. The maximum Gasteiger partial charge on any atom is 0.155 e. The Hall–Kier alpha value is -2.12. The van der Waals surface area contributed by atoms with Gasteiger partial charge in [0.2, 0.25) is 0 Å². The lowest BCUT2D eigenvalue weighted by atomic mass is 10.2. The van der Waals surface area contributed by atoms with Crippen LogP contribution in [0.1, 0.15) is 23.4 Å². The van der Waals surface area contributed by atoms with E-state index in [1.165, 1.54) is 0 Å². The van der Waals surface area contributed by atoms with E-state index in [0.717, 1.165) is 35.4 Å². The molecule has 0 unspecified atom stereocenters. The molecule has 3 nitrogen and oxygen atoms in total. The van der Waals surface area contributed by atoms with Gasteiger partial charge in [0, 0.05) is 41.7 Å². The second-order valence-corrected chi connectivity index (χ2v) is 5.10. The standard InChI is InChI=1S/C15H13N3S/c1-12-10-15-16-14(6-8-18(15)17-12)5-3-2-4-13-7-9-19-11-13/h6-11H,3,5H2,1H3. The summed E-state index contributed by atoms with van der Waals surface area (Å²) >= 11 is 1.67. The topological polar surface area (TPSA) is 30.2 Å². The molecule has 0 aliphatic heterocycles. The van der Waals surface area contributed by atoms with Gasteiger partial charge in [0.25, 0.3) is 0 Å². The molecule has 19 heavy (non-hydrogen) atoms. The van der Waals surface area contributed by atoms with Crippen LogP contribution in [-0.2, 0) is 6.42 Å². The van der Waals surface area contributed by atoms with E-state index in [-0.39, 0.29) is 0 Å². The Balaban J connectivity index is 1.68. The van der Waals surface area contributed by atoms with Crippen LogP contribution in [-0.4, -0.2) is 14.6 Å². The number of thiophene rings is 1. The van der Waals surface area contributed by atoms with Crippen molar-refractivity contribution in [2.24, 2.45) is 0 Å². The highest BCUT2D eigenvalue weighted by atomic mass is 32.1. The van der Waals surface area contributed by atoms with Crippen LogP contribution < -0.4 is 0 Å². The first kappa shape index (κ1) is 11.9. The van der Waals surface area contributed by atoms with Crippen LogP contribution in [0.25, 0.3) is 5.65 Å². The third kappa shape index (κ3) is 2.83. The molecule has 3 rings (SSSR count). The molecule has 3 aromatic rings. The van der Waals surface area contributed by atoms with E-state index < -0.39 is 0 Å². The maximum absolute atomic E-state index is 4.57. The van der Waals surface area contributed by atoms with Gasteiger partial charge in [-0.25, -0.2) is 9.50 Å². The Kier molecular flexibility index (Phi) is 3.30. The Labute approximate surface area is 115 Å². The molecule has 0 fully saturated rings. The molecule has 0 saturated heterocycles. The lowest BCUT2D eigenvalue weighted by Crippen LogP contribution is -1.94. The van der Waals surface area contributed by atoms with Gasteiger partial charge < -0.3 is 0 Å². The maximum atomic E-state index is 4.57. The fourth-order valence-corrected chi connectivity index (χ4v) is 2.46. The predicted molar refractivity (Wildman–Crippen MR) is 77.2 cm³/mol.